The van der Waals surface area contributed by atoms with Gasteiger partial charge in [0.25, 0.3) is 5.91 Å². The summed E-state index contributed by atoms with van der Waals surface area (Å²) in [6.45, 7) is 9.37. The van der Waals surface area contributed by atoms with Crippen molar-refractivity contribution in [1.82, 2.24) is 15.6 Å². The number of carbonyl (C=O) groups is 2. The fourth-order valence-electron chi connectivity index (χ4n) is 2.89. The van der Waals surface area contributed by atoms with Crippen molar-refractivity contribution in [3.05, 3.63) is 58.7 Å². The Bertz CT molecular complexity index is 1080. The molecule has 0 aliphatic heterocycles. The van der Waals surface area contributed by atoms with Crippen LogP contribution in [0, 0.1) is 20.8 Å². The highest BCUT2D eigenvalue weighted by atomic mass is 32.2. The third kappa shape index (κ3) is 7.35. The number of sulfonamides is 1. The Morgan fingerprint density at radius 3 is 2.28 bits per heavy atom. The molecule has 2 aromatic rings. The van der Waals surface area contributed by atoms with Gasteiger partial charge in [0.05, 0.1) is 4.90 Å². The van der Waals surface area contributed by atoms with Crippen LogP contribution < -0.4 is 20.3 Å². The van der Waals surface area contributed by atoms with Crippen molar-refractivity contribution in [2.45, 2.75) is 51.9 Å². The number of aryl methyl sites for hydroxylation is 3. The highest BCUT2D eigenvalue weighted by Crippen LogP contribution is 2.27. The van der Waals surface area contributed by atoms with E-state index in [2.05, 4.69) is 15.6 Å². The van der Waals surface area contributed by atoms with Crippen LogP contribution in [-0.2, 0) is 19.6 Å². The molecule has 0 radical (unpaired) electrons. The molecule has 0 aliphatic carbocycles. The van der Waals surface area contributed by atoms with Gasteiger partial charge in [-0.1, -0.05) is 32.0 Å². The van der Waals surface area contributed by atoms with Gasteiger partial charge in [0.2, 0.25) is 15.9 Å². The summed E-state index contributed by atoms with van der Waals surface area (Å²) in [5.41, 5.74) is 8.38. The normalized spacial score (nSPS) is 11.3. The molecule has 0 atom stereocenters. The molecular formula is C23H31N3O5S. The van der Waals surface area contributed by atoms with Crippen LogP contribution in [0.2, 0.25) is 0 Å². The van der Waals surface area contributed by atoms with Gasteiger partial charge >= 0.3 is 0 Å². The zero-order valence-corrected chi connectivity index (χ0v) is 19.9. The van der Waals surface area contributed by atoms with E-state index >= 15 is 0 Å². The second-order valence-corrected chi connectivity index (χ2v) is 9.74. The Kier molecular flexibility index (Phi) is 8.80. The van der Waals surface area contributed by atoms with Crippen LogP contribution in [0.4, 0.5) is 0 Å². The molecule has 32 heavy (non-hydrogen) atoms. The quantitative estimate of drug-likeness (QED) is 0.497. The molecule has 174 valence electrons. The standard InChI is InChI=1S/C23H31N3O5S/c1-15(2)20-9-6-16(3)12-21(20)31-14-23(28)26-25-22(27)10-11-24-32(29,30)19-8-7-17(4)18(5)13-19/h6-9,12-13,15,24H,10-11,14H2,1-5H3,(H,25,27)(H,26,28). The van der Waals surface area contributed by atoms with Crippen molar-refractivity contribution in [3.63, 3.8) is 0 Å². The molecule has 2 rings (SSSR count). The van der Waals surface area contributed by atoms with Gasteiger partial charge in [0.1, 0.15) is 5.75 Å². The first-order valence-electron chi connectivity index (χ1n) is 10.4. The molecule has 2 amide bonds. The van der Waals surface area contributed by atoms with Crippen LogP contribution in [0.5, 0.6) is 5.75 Å². The largest absolute Gasteiger partial charge is 0.483 e. The summed E-state index contributed by atoms with van der Waals surface area (Å²) in [7, 11) is -3.72. The third-order valence-electron chi connectivity index (χ3n) is 4.92. The van der Waals surface area contributed by atoms with E-state index < -0.39 is 21.8 Å². The maximum absolute atomic E-state index is 12.3. The van der Waals surface area contributed by atoms with E-state index in [9.17, 15) is 18.0 Å². The van der Waals surface area contributed by atoms with Gasteiger partial charge < -0.3 is 4.74 Å². The Labute approximate surface area is 189 Å². The van der Waals surface area contributed by atoms with E-state index in [1.807, 2.05) is 52.8 Å². The lowest BCUT2D eigenvalue weighted by atomic mass is 10.0. The van der Waals surface area contributed by atoms with E-state index in [0.717, 1.165) is 22.3 Å². The molecule has 3 N–H and O–H groups in total. The Balaban J connectivity index is 1.77. The lowest BCUT2D eigenvalue weighted by Crippen LogP contribution is -2.44. The van der Waals surface area contributed by atoms with Gasteiger partial charge in [-0.3, -0.25) is 20.4 Å². The SMILES string of the molecule is Cc1ccc(C(C)C)c(OCC(=O)NNC(=O)CCNS(=O)(=O)c2ccc(C)c(C)c2)c1. The predicted molar refractivity (Wildman–Crippen MR) is 123 cm³/mol. The highest BCUT2D eigenvalue weighted by Gasteiger charge is 2.15. The van der Waals surface area contributed by atoms with Crippen LogP contribution in [0.3, 0.4) is 0 Å². The summed E-state index contributed by atoms with van der Waals surface area (Å²) < 4.78 is 32.7. The van der Waals surface area contributed by atoms with Crippen LogP contribution in [-0.4, -0.2) is 33.4 Å². The van der Waals surface area contributed by atoms with E-state index in [1.54, 1.807) is 12.1 Å². The average Bonchev–Trinajstić information content (AvgIpc) is 2.72. The number of hydrogen-bond acceptors (Lipinski definition) is 5. The zero-order valence-electron chi connectivity index (χ0n) is 19.1. The maximum atomic E-state index is 12.3. The predicted octanol–water partition coefficient (Wildman–Crippen LogP) is 2.63. The molecule has 0 fully saturated rings. The number of rotatable bonds is 9. The first-order valence-corrected chi connectivity index (χ1v) is 11.9. The van der Waals surface area contributed by atoms with E-state index in [0.29, 0.717) is 5.75 Å². The van der Waals surface area contributed by atoms with Crippen molar-refractivity contribution in [2.75, 3.05) is 13.2 Å². The lowest BCUT2D eigenvalue weighted by molar-refractivity contribution is -0.129. The maximum Gasteiger partial charge on any atom is 0.276 e. The molecule has 0 spiro atoms. The number of nitrogens with one attached hydrogen (secondary N) is 3. The zero-order chi connectivity index (χ0) is 23.9. The monoisotopic (exact) mass is 461 g/mol. The second kappa shape index (κ2) is 11.1. The lowest BCUT2D eigenvalue weighted by Gasteiger charge is -2.15. The average molecular weight is 462 g/mol. The molecular weight excluding hydrogens is 430 g/mol. The summed E-state index contributed by atoms with van der Waals surface area (Å²) in [4.78, 5) is 24.1. The molecule has 0 heterocycles. The molecule has 8 nitrogen and oxygen atoms in total. The highest BCUT2D eigenvalue weighted by molar-refractivity contribution is 7.89. The Hall–Kier alpha value is -2.91. The van der Waals surface area contributed by atoms with E-state index in [-0.39, 0.29) is 30.4 Å². The summed E-state index contributed by atoms with van der Waals surface area (Å²) in [6.07, 6.45) is -0.138. The fraction of sp³-hybridized carbons (Fsp3) is 0.391. The number of hydrazine groups is 1. The number of hydrogen-bond donors (Lipinski definition) is 3. The first kappa shape index (κ1) is 25.4. The minimum atomic E-state index is -3.72. The van der Waals surface area contributed by atoms with Crippen LogP contribution in [0.15, 0.2) is 41.3 Å². The summed E-state index contributed by atoms with van der Waals surface area (Å²) in [6, 6.07) is 10.6. The summed E-state index contributed by atoms with van der Waals surface area (Å²) in [5.74, 6) is -0.187. The van der Waals surface area contributed by atoms with Crippen LogP contribution >= 0.6 is 0 Å². The van der Waals surface area contributed by atoms with Crippen molar-refractivity contribution < 1.29 is 22.7 Å². The van der Waals surface area contributed by atoms with Gasteiger partial charge in [0, 0.05) is 13.0 Å². The Morgan fingerprint density at radius 1 is 0.938 bits per heavy atom. The number of ether oxygens (including phenoxy) is 1. The van der Waals surface area contributed by atoms with Gasteiger partial charge in [0.15, 0.2) is 6.61 Å². The van der Waals surface area contributed by atoms with E-state index in [1.165, 1.54) is 6.07 Å². The van der Waals surface area contributed by atoms with Gasteiger partial charge in [-0.15, -0.1) is 0 Å². The molecule has 0 aliphatic rings. The molecule has 0 saturated heterocycles. The molecule has 0 unspecified atom stereocenters. The van der Waals surface area contributed by atoms with Gasteiger partial charge in [-0.05, 0) is 67.1 Å². The number of amides is 2. The first-order chi connectivity index (χ1) is 15.0. The summed E-state index contributed by atoms with van der Waals surface area (Å²) >= 11 is 0. The van der Waals surface area contributed by atoms with Gasteiger partial charge in [-0.2, -0.15) is 0 Å². The minimum absolute atomic E-state index is 0.103. The Morgan fingerprint density at radius 2 is 1.62 bits per heavy atom. The van der Waals surface area contributed by atoms with Crippen molar-refractivity contribution >= 4 is 21.8 Å². The van der Waals surface area contributed by atoms with Crippen LogP contribution in [0.25, 0.3) is 0 Å². The van der Waals surface area contributed by atoms with Gasteiger partial charge in [-0.25, -0.2) is 13.1 Å². The van der Waals surface area contributed by atoms with Crippen molar-refractivity contribution in [2.24, 2.45) is 0 Å². The van der Waals surface area contributed by atoms with Crippen molar-refractivity contribution in [3.8, 4) is 5.75 Å². The molecule has 0 aromatic heterocycles. The third-order valence-corrected chi connectivity index (χ3v) is 6.38. The van der Waals surface area contributed by atoms with Crippen molar-refractivity contribution in [1.29, 1.82) is 0 Å². The minimum Gasteiger partial charge on any atom is -0.483 e. The fourth-order valence-corrected chi connectivity index (χ4v) is 4.00. The van der Waals surface area contributed by atoms with E-state index in [4.69, 9.17) is 4.74 Å². The number of benzene rings is 2. The molecule has 0 bridgehead atoms. The molecule has 2 aromatic carbocycles. The summed E-state index contributed by atoms with van der Waals surface area (Å²) in [5, 5.41) is 0. The smallest absolute Gasteiger partial charge is 0.276 e. The topological polar surface area (TPSA) is 114 Å². The van der Waals surface area contributed by atoms with Crippen LogP contribution in [0.1, 0.15) is 48.4 Å². The molecule has 9 heteroatoms. The number of carbonyl (C=O) groups excluding carboxylic acids is 2. The molecule has 0 saturated carbocycles. The second-order valence-electron chi connectivity index (χ2n) is 7.97.